The molecule has 2 aromatic rings. The number of hydrogen-bond acceptors (Lipinski definition) is 4. The molecular weight excluding hydrogens is 292 g/mol. The summed E-state index contributed by atoms with van der Waals surface area (Å²) in [6.45, 7) is -0.0908. The van der Waals surface area contributed by atoms with Crippen molar-refractivity contribution in [3.63, 3.8) is 0 Å². The highest BCUT2D eigenvalue weighted by Crippen LogP contribution is 2.35. The normalized spacial score (nSPS) is 10.2. The van der Waals surface area contributed by atoms with Gasteiger partial charge in [0.25, 0.3) is 0 Å². The van der Waals surface area contributed by atoms with Crippen LogP contribution in [0.15, 0.2) is 36.4 Å². The predicted molar refractivity (Wildman–Crippen MR) is 81.5 cm³/mol. The molecule has 0 bridgehead atoms. The zero-order valence-electron chi connectivity index (χ0n) is 11.4. The summed E-state index contributed by atoms with van der Waals surface area (Å²) in [7, 11) is 1.51. The smallest absolute Gasteiger partial charge is 0.169 e. The fourth-order valence-corrected chi connectivity index (χ4v) is 2.13. The molecule has 0 aliphatic rings. The molecule has 0 aromatic heterocycles. The number of nitrogen functional groups attached to an aromatic ring is 1. The molecule has 110 valence electrons. The minimum Gasteiger partial charge on any atom is -0.493 e. The average molecular weight is 307 g/mol. The summed E-state index contributed by atoms with van der Waals surface area (Å²) in [6, 6.07) is 10.1. The Kier molecular flexibility index (Phi) is 4.67. The van der Waals surface area contributed by atoms with Crippen LogP contribution >= 0.6 is 11.6 Å². The van der Waals surface area contributed by atoms with Crippen molar-refractivity contribution < 1.29 is 14.6 Å². The van der Waals surface area contributed by atoms with E-state index in [1.54, 1.807) is 36.4 Å². The lowest BCUT2D eigenvalue weighted by Gasteiger charge is -2.14. The summed E-state index contributed by atoms with van der Waals surface area (Å²) < 4.78 is 11.0. The third kappa shape index (κ3) is 3.26. The molecule has 2 aromatic carbocycles. The number of aliphatic hydroxyl groups is 1. The average Bonchev–Trinajstić information content (AvgIpc) is 2.47. The Hall–Kier alpha value is -2.24. The molecule has 0 saturated heterocycles. The van der Waals surface area contributed by atoms with Crippen molar-refractivity contribution in [2.45, 2.75) is 6.61 Å². The maximum absolute atomic E-state index is 9.13. The van der Waals surface area contributed by atoms with Crippen molar-refractivity contribution in [3.8, 4) is 17.2 Å². The summed E-state index contributed by atoms with van der Waals surface area (Å²) in [5.74, 6) is 1.10. The highest BCUT2D eigenvalue weighted by Gasteiger charge is 2.14. The summed E-state index contributed by atoms with van der Waals surface area (Å²) in [6.07, 6.45) is 0. The first-order chi connectivity index (χ1) is 10.1. The Bertz CT molecular complexity index is 674. The van der Waals surface area contributed by atoms with Crippen molar-refractivity contribution in [3.05, 3.63) is 52.5 Å². The van der Waals surface area contributed by atoms with E-state index in [4.69, 9.17) is 37.3 Å². The molecule has 0 heterocycles. The first kappa shape index (κ1) is 15.2. The molecule has 0 unspecified atom stereocenters. The zero-order valence-corrected chi connectivity index (χ0v) is 12.1. The Morgan fingerprint density at radius 2 is 2.00 bits per heavy atom. The standard InChI is InChI=1S/C15H15ClN2O3/c1-20-13-7-9(8-19)5-6-11(13)21-12-4-2-3-10(16)14(12)15(17)18/h2-7,19H,8H2,1H3,(H3,17,18). The fraction of sp³-hybridized carbons (Fsp3) is 0.133. The SMILES string of the molecule is COc1cc(CO)ccc1Oc1cccc(Cl)c1C(=N)N. The van der Waals surface area contributed by atoms with Gasteiger partial charge in [-0.25, -0.2) is 0 Å². The second-order valence-electron chi connectivity index (χ2n) is 4.27. The monoisotopic (exact) mass is 306 g/mol. The van der Waals surface area contributed by atoms with Gasteiger partial charge in [0, 0.05) is 0 Å². The summed E-state index contributed by atoms with van der Waals surface area (Å²) in [5.41, 5.74) is 6.57. The second kappa shape index (κ2) is 6.47. The Labute approximate surface area is 127 Å². The number of amidine groups is 1. The molecule has 0 fully saturated rings. The summed E-state index contributed by atoms with van der Waals surface area (Å²) in [4.78, 5) is 0. The lowest BCUT2D eigenvalue weighted by Crippen LogP contribution is -2.13. The molecule has 0 radical (unpaired) electrons. The lowest BCUT2D eigenvalue weighted by atomic mass is 10.1. The number of nitrogens with one attached hydrogen (secondary N) is 1. The van der Waals surface area contributed by atoms with E-state index in [1.165, 1.54) is 7.11 Å². The predicted octanol–water partition coefficient (Wildman–Crippen LogP) is 2.92. The van der Waals surface area contributed by atoms with Gasteiger partial charge in [0.2, 0.25) is 0 Å². The Balaban J connectivity index is 2.43. The van der Waals surface area contributed by atoms with Crippen molar-refractivity contribution in [1.82, 2.24) is 0 Å². The topological polar surface area (TPSA) is 88.6 Å². The van der Waals surface area contributed by atoms with Crippen LogP contribution in [0.2, 0.25) is 5.02 Å². The molecule has 2 rings (SSSR count). The highest BCUT2D eigenvalue weighted by molar-refractivity contribution is 6.34. The van der Waals surface area contributed by atoms with Crippen LogP contribution in [0.25, 0.3) is 0 Å². The molecule has 0 aliphatic carbocycles. The van der Waals surface area contributed by atoms with Crippen molar-refractivity contribution in [2.75, 3.05) is 7.11 Å². The molecule has 21 heavy (non-hydrogen) atoms. The van der Waals surface area contributed by atoms with Gasteiger partial charge in [-0.1, -0.05) is 23.7 Å². The van der Waals surface area contributed by atoms with Gasteiger partial charge in [-0.05, 0) is 29.8 Å². The van der Waals surface area contributed by atoms with Crippen LogP contribution in [0, 0.1) is 5.41 Å². The Morgan fingerprint density at radius 1 is 1.24 bits per heavy atom. The summed E-state index contributed by atoms with van der Waals surface area (Å²) in [5, 5.41) is 17.1. The fourth-order valence-electron chi connectivity index (χ4n) is 1.86. The second-order valence-corrected chi connectivity index (χ2v) is 4.68. The number of aliphatic hydroxyl groups excluding tert-OH is 1. The van der Waals surface area contributed by atoms with E-state index in [0.29, 0.717) is 33.4 Å². The van der Waals surface area contributed by atoms with Gasteiger partial charge < -0.3 is 20.3 Å². The van der Waals surface area contributed by atoms with Gasteiger partial charge in [-0.3, -0.25) is 5.41 Å². The molecule has 0 atom stereocenters. The van der Waals surface area contributed by atoms with Crippen LogP contribution in [0.5, 0.6) is 17.2 Å². The van der Waals surface area contributed by atoms with Crippen molar-refractivity contribution >= 4 is 17.4 Å². The number of rotatable bonds is 5. The van der Waals surface area contributed by atoms with Crippen LogP contribution in [0.4, 0.5) is 0 Å². The first-order valence-electron chi connectivity index (χ1n) is 6.15. The zero-order chi connectivity index (χ0) is 15.4. The molecule has 0 spiro atoms. The van der Waals surface area contributed by atoms with Gasteiger partial charge >= 0.3 is 0 Å². The number of halogens is 1. The summed E-state index contributed by atoms with van der Waals surface area (Å²) >= 11 is 6.05. The third-order valence-electron chi connectivity index (χ3n) is 2.88. The van der Waals surface area contributed by atoms with Crippen molar-refractivity contribution in [2.24, 2.45) is 5.73 Å². The van der Waals surface area contributed by atoms with E-state index >= 15 is 0 Å². The number of nitrogens with two attached hydrogens (primary N) is 1. The highest BCUT2D eigenvalue weighted by atomic mass is 35.5. The maximum Gasteiger partial charge on any atom is 0.169 e. The van der Waals surface area contributed by atoms with E-state index in [1.807, 2.05) is 0 Å². The lowest BCUT2D eigenvalue weighted by molar-refractivity contribution is 0.280. The maximum atomic E-state index is 9.13. The molecule has 0 amide bonds. The van der Waals surface area contributed by atoms with E-state index in [0.717, 1.165) is 0 Å². The van der Waals surface area contributed by atoms with E-state index < -0.39 is 0 Å². The quantitative estimate of drug-likeness (QED) is 0.585. The van der Waals surface area contributed by atoms with E-state index in [-0.39, 0.29) is 12.4 Å². The van der Waals surface area contributed by atoms with Crippen LogP contribution in [-0.2, 0) is 6.61 Å². The van der Waals surface area contributed by atoms with Crippen LogP contribution in [0.1, 0.15) is 11.1 Å². The number of benzene rings is 2. The number of hydrogen-bond donors (Lipinski definition) is 3. The van der Waals surface area contributed by atoms with Gasteiger partial charge in [-0.15, -0.1) is 0 Å². The minimum atomic E-state index is -0.179. The molecule has 6 heteroatoms. The van der Waals surface area contributed by atoms with E-state index in [9.17, 15) is 0 Å². The first-order valence-corrected chi connectivity index (χ1v) is 6.53. The van der Waals surface area contributed by atoms with Gasteiger partial charge in [0.05, 0.1) is 24.3 Å². The molecule has 0 saturated carbocycles. The van der Waals surface area contributed by atoms with E-state index in [2.05, 4.69) is 0 Å². The largest absolute Gasteiger partial charge is 0.493 e. The van der Waals surface area contributed by atoms with Gasteiger partial charge in [0.1, 0.15) is 11.6 Å². The van der Waals surface area contributed by atoms with Crippen molar-refractivity contribution in [1.29, 1.82) is 5.41 Å². The molecule has 5 nitrogen and oxygen atoms in total. The van der Waals surface area contributed by atoms with Crippen LogP contribution < -0.4 is 15.2 Å². The number of ether oxygens (including phenoxy) is 2. The van der Waals surface area contributed by atoms with Crippen LogP contribution in [0.3, 0.4) is 0 Å². The molecular formula is C15H15ClN2O3. The Morgan fingerprint density at radius 3 is 2.62 bits per heavy atom. The van der Waals surface area contributed by atoms with Gasteiger partial charge in [-0.2, -0.15) is 0 Å². The number of methoxy groups -OCH3 is 1. The van der Waals surface area contributed by atoms with Gasteiger partial charge in [0.15, 0.2) is 11.5 Å². The van der Waals surface area contributed by atoms with Crippen LogP contribution in [-0.4, -0.2) is 18.1 Å². The molecule has 0 aliphatic heterocycles. The minimum absolute atomic E-state index is 0.0908. The third-order valence-corrected chi connectivity index (χ3v) is 3.19. The molecule has 4 N–H and O–H groups in total.